The lowest BCUT2D eigenvalue weighted by atomic mass is 9.91. The molecule has 0 saturated heterocycles. The second-order valence-electron chi connectivity index (χ2n) is 16.7. The predicted octanol–water partition coefficient (Wildman–Crippen LogP) is 14.6. The van der Waals surface area contributed by atoms with Crippen LogP contribution in [0.2, 0.25) is 0 Å². The molecule has 334 valence electrons. The van der Waals surface area contributed by atoms with Crippen LogP contribution in [0.15, 0.2) is 243 Å². The average molecular weight is 905 g/mol. The van der Waals surface area contributed by atoms with Gasteiger partial charge >= 0.3 is 0 Å². The highest BCUT2D eigenvalue weighted by molar-refractivity contribution is 5.88. The van der Waals surface area contributed by atoms with E-state index in [0.717, 1.165) is 101 Å². The molecule has 0 unspecified atom stereocenters. The van der Waals surface area contributed by atoms with E-state index in [1.165, 1.54) is 0 Å². The summed E-state index contributed by atoms with van der Waals surface area (Å²) in [7, 11) is 0. The molecule has 6 heterocycles. The summed E-state index contributed by atoms with van der Waals surface area (Å²) in [6, 6.07) is 73.8. The largest absolute Gasteiger partial charge is 0.485 e. The molecule has 0 aliphatic heterocycles. The fourth-order valence-corrected chi connectivity index (χ4v) is 8.39. The van der Waals surface area contributed by atoms with Crippen LogP contribution in [0, 0.1) is 0 Å². The lowest BCUT2D eigenvalue weighted by molar-refractivity contribution is 0.256. The number of nitrogens with zero attached hydrogens (tertiary/aromatic N) is 6. The second kappa shape index (κ2) is 20.2. The van der Waals surface area contributed by atoms with E-state index in [9.17, 15) is 0 Å². The van der Waals surface area contributed by atoms with Crippen LogP contribution < -0.4 is 9.47 Å². The topological polar surface area (TPSA) is 95.8 Å². The zero-order valence-corrected chi connectivity index (χ0v) is 38.0. The van der Waals surface area contributed by atoms with Gasteiger partial charge in [0, 0.05) is 24.8 Å². The van der Waals surface area contributed by atoms with Crippen molar-refractivity contribution in [1.29, 1.82) is 0 Å². The Morgan fingerprint density at radius 1 is 0.257 bits per heavy atom. The fraction of sp³-hybridized carbons (Fsp3) is 0.0323. The van der Waals surface area contributed by atoms with E-state index in [-0.39, 0.29) is 0 Å². The number of benzene rings is 5. The van der Waals surface area contributed by atoms with Crippen LogP contribution in [0.3, 0.4) is 0 Å². The molecule has 0 amide bonds. The van der Waals surface area contributed by atoms with Gasteiger partial charge in [-0.3, -0.25) is 19.9 Å². The van der Waals surface area contributed by atoms with Gasteiger partial charge in [0.2, 0.25) is 0 Å². The first-order valence-electron chi connectivity index (χ1n) is 23.1. The van der Waals surface area contributed by atoms with Crippen molar-refractivity contribution < 1.29 is 9.47 Å². The van der Waals surface area contributed by atoms with Crippen LogP contribution in [-0.2, 0) is 13.2 Å². The lowest BCUT2D eigenvalue weighted by Gasteiger charge is -2.19. The third-order valence-corrected chi connectivity index (χ3v) is 12.0. The van der Waals surface area contributed by atoms with Crippen molar-refractivity contribution in [2.75, 3.05) is 0 Å². The standard InChI is InChI=1S/C62H44N6O2/c1-3-15-43(16-4-1)41-69-61-39-51(47-27-23-45(24-28-47)49-35-57(53-19-7-11-31-63-53)67-58(36-49)54-20-8-12-32-64-54)52(40-62(61)70-42-44-17-5-2-6-18-44)48-29-25-46(26-30-48)50-37-59(55-21-9-13-33-65-55)68-60(38-50)56-22-10-14-34-66-56/h1-40H,41-42H2. The SMILES string of the molecule is c1ccc(COc2cc(-c3ccc(-c4cc(-c5ccccn5)nc(-c5ccccn5)c4)cc3)c(-c3ccc(-c4cc(-c5ccccn5)nc(-c5ccccn5)c4)cc3)cc2OCc2ccccc2)cc1. The summed E-state index contributed by atoms with van der Waals surface area (Å²) in [5.41, 5.74) is 16.4. The van der Waals surface area contributed by atoms with E-state index >= 15 is 0 Å². The average Bonchev–Trinajstić information content (AvgIpc) is 3.45. The first-order valence-corrected chi connectivity index (χ1v) is 23.1. The van der Waals surface area contributed by atoms with Gasteiger partial charge in [0.25, 0.3) is 0 Å². The van der Waals surface area contributed by atoms with Gasteiger partial charge in [0.05, 0.1) is 45.6 Å². The molecule has 11 rings (SSSR count). The summed E-state index contributed by atoms with van der Waals surface area (Å²) in [5, 5.41) is 0. The molecule has 0 N–H and O–H groups in total. The lowest BCUT2D eigenvalue weighted by Crippen LogP contribution is -2.02. The number of hydrogen-bond donors (Lipinski definition) is 0. The Kier molecular flexibility index (Phi) is 12.5. The minimum atomic E-state index is 0.376. The molecule has 0 atom stereocenters. The van der Waals surface area contributed by atoms with Crippen molar-refractivity contribution in [3.05, 3.63) is 254 Å². The third kappa shape index (κ3) is 9.83. The summed E-state index contributed by atoms with van der Waals surface area (Å²) in [6.45, 7) is 0.752. The van der Waals surface area contributed by atoms with Gasteiger partial charge in [-0.2, -0.15) is 0 Å². The zero-order valence-electron chi connectivity index (χ0n) is 38.0. The first-order chi connectivity index (χ1) is 34.7. The predicted molar refractivity (Wildman–Crippen MR) is 278 cm³/mol. The van der Waals surface area contributed by atoms with E-state index in [0.29, 0.717) is 24.7 Å². The number of hydrogen-bond acceptors (Lipinski definition) is 8. The summed E-state index contributed by atoms with van der Waals surface area (Å²) in [4.78, 5) is 28.5. The summed E-state index contributed by atoms with van der Waals surface area (Å²) in [6.07, 6.45) is 7.16. The van der Waals surface area contributed by atoms with Gasteiger partial charge in [0.1, 0.15) is 13.2 Å². The van der Waals surface area contributed by atoms with Gasteiger partial charge in [0.15, 0.2) is 11.5 Å². The van der Waals surface area contributed by atoms with Crippen molar-refractivity contribution in [2.24, 2.45) is 0 Å². The molecule has 0 fully saturated rings. The van der Waals surface area contributed by atoms with Crippen molar-refractivity contribution in [1.82, 2.24) is 29.9 Å². The molecular formula is C62H44N6O2. The molecular weight excluding hydrogens is 861 g/mol. The van der Waals surface area contributed by atoms with Crippen molar-refractivity contribution in [3.8, 4) is 102 Å². The Labute approximate surface area is 406 Å². The van der Waals surface area contributed by atoms with E-state index in [1.807, 2.05) is 109 Å². The van der Waals surface area contributed by atoms with Crippen LogP contribution in [0.4, 0.5) is 0 Å². The van der Waals surface area contributed by atoms with Gasteiger partial charge in [-0.1, -0.05) is 133 Å². The van der Waals surface area contributed by atoms with Crippen LogP contribution in [0.1, 0.15) is 11.1 Å². The molecule has 0 bridgehead atoms. The van der Waals surface area contributed by atoms with Gasteiger partial charge in [-0.15, -0.1) is 0 Å². The van der Waals surface area contributed by atoms with E-state index in [2.05, 4.69) is 129 Å². The number of ether oxygens (including phenoxy) is 2. The smallest absolute Gasteiger partial charge is 0.162 e. The van der Waals surface area contributed by atoms with E-state index in [1.54, 1.807) is 24.8 Å². The molecule has 8 nitrogen and oxygen atoms in total. The monoisotopic (exact) mass is 904 g/mol. The number of pyridine rings is 6. The Morgan fingerprint density at radius 2 is 0.557 bits per heavy atom. The quantitative estimate of drug-likeness (QED) is 0.106. The molecule has 0 aliphatic carbocycles. The molecule has 6 aromatic heterocycles. The highest BCUT2D eigenvalue weighted by Gasteiger charge is 2.19. The maximum Gasteiger partial charge on any atom is 0.162 e. The number of rotatable bonds is 14. The van der Waals surface area contributed by atoms with Crippen molar-refractivity contribution >= 4 is 0 Å². The Bertz CT molecular complexity index is 3140. The molecule has 0 saturated carbocycles. The molecule has 8 heteroatoms. The fourth-order valence-electron chi connectivity index (χ4n) is 8.39. The Hall–Kier alpha value is -9.40. The minimum Gasteiger partial charge on any atom is -0.485 e. The van der Waals surface area contributed by atoms with Crippen LogP contribution in [-0.4, -0.2) is 29.9 Å². The van der Waals surface area contributed by atoms with Crippen molar-refractivity contribution in [2.45, 2.75) is 13.2 Å². The molecule has 5 aromatic carbocycles. The summed E-state index contributed by atoms with van der Waals surface area (Å²) in [5.74, 6) is 1.29. The normalized spacial score (nSPS) is 11.0. The zero-order chi connectivity index (χ0) is 46.9. The summed E-state index contributed by atoms with van der Waals surface area (Å²) < 4.78 is 13.4. The summed E-state index contributed by atoms with van der Waals surface area (Å²) >= 11 is 0. The van der Waals surface area contributed by atoms with E-state index < -0.39 is 0 Å². The maximum atomic E-state index is 6.68. The third-order valence-electron chi connectivity index (χ3n) is 12.0. The maximum absolute atomic E-state index is 6.68. The molecule has 0 radical (unpaired) electrons. The minimum absolute atomic E-state index is 0.376. The van der Waals surface area contributed by atoms with E-state index in [4.69, 9.17) is 19.4 Å². The van der Waals surface area contributed by atoms with Gasteiger partial charge < -0.3 is 9.47 Å². The molecule has 0 spiro atoms. The highest BCUT2D eigenvalue weighted by Crippen LogP contribution is 2.43. The molecule has 70 heavy (non-hydrogen) atoms. The van der Waals surface area contributed by atoms with Gasteiger partial charge in [-0.25, -0.2) is 9.97 Å². The second-order valence-corrected chi connectivity index (χ2v) is 16.7. The van der Waals surface area contributed by atoms with Crippen LogP contribution in [0.25, 0.3) is 90.1 Å². The van der Waals surface area contributed by atoms with Gasteiger partial charge in [-0.05, 0) is 141 Å². The Morgan fingerprint density at radius 3 is 0.857 bits per heavy atom. The Balaban J connectivity index is 1.02. The first kappa shape index (κ1) is 43.2. The highest BCUT2D eigenvalue weighted by atomic mass is 16.5. The number of aromatic nitrogens is 6. The molecule has 11 aromatic rings. The van der Waals surface area contributed by atoms with Crippen LogP contribution >= 0.6 is 0 Å². The molecule has 0 aliphatic rings. The van der Waals surface area contributed by atoms with Crippen molar-refractivity contribution in [3.63, 3.8) is 0 Å². The van der Waals surface area contributed by atoms with Crippen LogP contribution in [0.5, 0.6) is 11.5 Å².